The van der Waals surface area contributed by atoms with Crippen molar-refractivity contribution in [2.24, 2.45) is 5.92 Å². The van der Waals surface area contributed by atoms with Gasteiger partial charge in [-0.25, -0.2) is 4.79 Å². The Morgan fingerprint density at radius 1 is 1.42 bits per heavy atom. The van der Waals surface area contributed by atoms with E-state index in [1.54, 1.807) is 0 Å². The molecule has 1 N–H and O–H groups in total. The third-order valence-corrected chi connectivity index (χ3v) is 4.03. The monoisotopic (exact) mass is 281 g/mol. The highest BCUT2D eigenvalue weighted by Crippen LogP contribution is 2.45. The molecular weight excluding hydrogens is 262 g/mol. The fraction of sp³-hybridized carbons (Fsp3) is 0.533. The molecule has 19 heavy (non-hydrogen) atoms. The van der Waals surface area contributed by atoms with E-state index in [1.807, 2.05) is 38.1 Å². The molecule has 1 atom stereocenters. The quantitative estimate of drug-likeness (QED) is 0.805. The lowest BCUT2D eigenvalue weighted by atomic mass is 9.89. The molecule has 1 aromatic carbocycles. The van der Waals surface area contributed by atoms with E-state index in [9.17, 15) is 4.79 Å². The lowest BCUT2D eigenvalue weighted by Crippen LogP contribution is -2.49. The van der Waals surface area contributed by atoms with Crippen LogP contribution in [-0.2, 0) is 9.53 Å². The number of hydrogen-bond donors (Lipinski definition) is 1. The Morgan fingerprint density at radius 3 is 2.63 bits per heavy atom. The maximum absolute atomic E-state index is 12.4. The first-order valence-electron chi connectivity index (χ1n) is 6.84. The lowest BCUT2D eigenvalue weighted by Gasteiger charge is -2.33. The molecule has 4 heteroatoms. The van der Waals surface area contributed by atoms with Crippen molar-refractivity contribution in [1.29, 1.82) is 0 Å². The molecule has 0 saturated heterocycles. The van der Waals surface area contributed by atoms with Gasteiger partial charge in [-0.3, -0.25) is 0 Å². The number of benzene rings is 1. The standard InChI is InChI=1S/C15H20ClNO2/c1-3-15(11-9-10-11,14(18)19-4-2)17-13-8-6-5-7-12(13)16/h5-8,11,17H,3-4,9-10H2,1-2H3. The van der Waals surface area contributed by atoms with Gasteiger partial charge in [-0.15, -0.1) is 0 Å². The van der Waals surface area contributed by atoms with Crippen molar-refractivity contribution in [3.8, 4) is 0 Å². The van der Waals surface area contributed by atoms with Crippen molar-refractivity contribution in [3.05, 3.63) is 29.3 Å². The highest BCUT2D eigenvalue weighted by atomic mass is 35.5. The number of esters is 1. The molecular formula is C15H20ClNO2. The van der Waals surface area contributed by atoms with Crippen LogP contribution in [-0.4, -0.2) is 18.1 Å². The molecule has 2 rings (SSSR count). The van der Waals surface area contributed by atoms with Crippen molar-refractivity contribution < 1.29 is 9.53 Å². The van der Waals surface area contributed by atoms with Crippen molar-refractivity contribution in [2.75, 3.05) is 11.9 Å². The summed E-state index contributed by atoms with van der Waals surface area (Å²) in [6, 6.07) is 7.51. The van der Waals surface area contributed by atoms with E-state index in [-0.39, 0.29) is 5.97 Å². The number of hydrogen-bond acceptors (Lipinski definition) is 3. The molecule has 0 bridgehead atoms. The van der Waals surface area contributed by atoms with Crippen LogP contribution in [0.3, 0.4) is 0 Å². The van der Waals surface area contributed by atoms with E-state index in [1.165, 1.54) is 0 Å². The SMILES string of the molecule is CCOC(=O)C(CC)(Nc1ccccc1Cl)C1CC1. The largest absolute Gasteiger partial charge is 0.464 e. The molecule has 1 unspecified atom stereocenters. The predicted molar refractivity (Wildman–Crippen MR) is 77.5 cm³/mol. The third-order valence-electron chi connectivity index (χ3n) is 3.70. The first kappa shape index (κ1) is 14.2. The minimum absolute atomic E-state index is 0.167. The van der Waals surface area contributed by atoms with Crippen LogP contribution in [0.1, 0.15) is 33.1 Å². The second kappa shape index (κ2) is 5.83. The summed E-state index contributed by atoms with van der Waals surface area (Å²) in [5.74, 6) is 0.174. The van der Waals surface area contributed by atoms with Crippen LogP contribution in [0.25, 0.3) is 0 Å². The Balaban J connectivity index is 2.28. The molecule has 1 aliphatic carbocycles. The van der Waals surface area contributed by atoms with Gasteiger partial charge < -0.3 is 10.1 Å². The Morgan fingerprint density at radius 2 is 2.11 bits per heavy atom. The van der Waals surface area contributed by atoms with Gasteiger partial charge in [-0.1, -0.05) is 30.7 Å². The summed E-state index contributed by atoms with van der Waals surface area (Å²) in [4.78, 5) is 12.4. The number of carbonyl (C=O) groups is 1. The number of rotatable bonds is 6. The zero-order chi connectivity index (χ0) is 13.9. The van der Waals surface area contributed by atoms with Gasteiger partial charge in [0.15, 0.2) is 0 Å². The Bertz CT molecular complexity index is 459. The Kier molecular flexibility index (Phi) is 4.35. The zero-order valence-corrected chi connectivity index (χ0v) is 12.2. The minimum atomic E-state index is -0.638. The molecule has 3 nitrogen and oxygen atoms in total. The van der Waals surface area contributed by atoms with Crippen LogP contribution in [0.2, 0.25) is 5.02 Å². The average Bonchev–Trinajstić information content (AvgIpc) is 3.23. The number of ether oxygens (including phenoxy) is 1. The lowest BCUT2D eigenvalue weighted by molar-refractivity contribution is -0.149. The molecule has 0 radical (unpaired) electrons. The number of halogens is 1. The van der Waals surface area contributed by atoms with Crippen LogP contribution in [0.5, 0.6) is 0 Å². The van der Waals surface area contributed by atoms with E-state index >= 15 is 0 Å². The molecule has 0 heterocycles. The number of anilines is 1. The molecule has 1 aliphatic rings. The van der Waals surface area contributed by atoms with Crippen molar-refractivity contribution >= 4 is 23.3 Å². The molecule has 1 fully saturated rings. The summed E-state index contributed by atoms with van der Waals surface area (Å²) in [5, 5.41) is 3.98. The maximum atomic E-state index is 12.4. The Hall–Kier alpha value is -1.22. The Labute approximate surface area is 119 Å². The molecule has 1 aromatic rings. The fourth-order valence-electron chi connectivity index (χ4n) is 2.48. The summed E-state index contributed by atoms with van der Waals surface area (Å²) in [7, 11) is 0. The summed E-state index contributed by atoms with van der Waals surface area (Å²) < 4.78 is 5.27. The highest BCUT2D eigenvalue weighted by molar-refractivity contribution is 6.33. The smallest absolute Gasteiger partial charge is 0.332 e. The number of carbonyl (C=O) groups excluding carboxylic acids is 1. The van der Waals surface area contributed by atoms with Gasteiger partial charge in [0.05, 0.1) is 17.3 Å². The van der Waals surface area contributed by atoms with Gasteiger partial charge in [0.25, 0.3) is 0 Å². The fourth-order valence-corrected chi connectivity index (χ4v) is 2.66. The highest BCUT2D eigenvalue weighted by Gasteiger charge is 2.51. The van der Waals surface area contributed by atoms with Crippen LogP contribution in [0.4, 0.5) is 5.69 Å². The van der Waals surface area contributed by atoms with Gasteiger partial charge >= 0.3 is 5.97 Å². The molecule has 1 saturated carbocycles. The van der Waals surface area contributed by atoms with Crippen LogP contribution < -0.4 is 5.32 Å². The molecule has 104 valence electrons. The number of para-hydroxylation sites is 1. The first-order chi connectivity index (χ1) is 9.14. The molecule has 0 aliphatic heterocycles. The van der Waals surface area contributed by atoms with Crippen molar-refractivity contribution in [3.63, 3.8) is 0 Å². The van der Waals surface area contributed by atoms with Gasteiger partial charge in [-0.2, -0.15) is 0 Å². The summed E-state index contributed by atoms with van der Waals surface area (Å²) in [6.07, 6.45) is 2.82. The van der Waals surface area contributed by atoms with Gasteiger partial charge in [0.2, 0.25) is 0 Å². The van der Waals surface area contributed by atoms with Crippen LogP contribution in [0.15, 0.2) is 24.3 Å². The van der Waals surface area contributed by atoms with E-state index in [0.717, 1.165) is 18.5 Å². The second-order valence-corrected chi connectivity index (χ2v) is 5.33. The molecule has 0 spiro atoms. The minimum Gasteiger partial charge on any atom is -0.464 e. The summed E-state index contributed by atoms with van der Waals surface area (Å²) in [6.45, 7) is 4.25. The zero-order valence-electron chi connectivity index (χ0n) is 11.4. The second-order valence-electron chi connectivity index (χ2n) is 4.92. The van der Waals surface area contributed by atoms with Crippen LogP contribution in [0, 0.1) is 5.92 Å². The van der Waals surface area contributed by atoms with Crippen molar-refractivity contribution in [2.45, 2.75) is 38.6 Å². The van der Waals surface area contributed by atoms with E-state index in [4.69, 9.17) is 16.3 Å². The summed E-state index contributed by atoms with van der Waals surface area (Å²) >= 11 is 6.18. The average molecular weight is 282 g/mol. The normalized spacial score (nSPS) is 17.6. The van der Waals surface area contributed by atoms with Gasteiger partial charge in [0.1, 0.15) is 5.54 Å². The molecule has 0 amide bonds. The molecule has 0 aromatic heterocycles. The van der Waals surface area contributed by atoms with Gasteiger partial charge in [-0.05, 0) is 44.2 Å². The summed E-state index contributed by atoms with van der Waals surface area (Å²) in [5.41, 5.74) is 0.159. The number of nitrogens with one attached hydrogen (secondary N) is 1. The van der Waals surface area contributed by atoms with E-state index in [0.29, 0.717) is 24.0 Å². The predicted octanol–water partition coefficient (Wildman–Crippen LogP) is 3.87. The van der Waals surface area contributed by atoms with Crippen molar-refractivity contribution in [1.82, 2.24) is 0 Å². The topological polar surface area (TPSA) is 38.3 Å². The van der Waals surface area contributed by atoms with Crippen LogP contribution >= 0.6 is 11.6 Å². The third kappa shape index (κ3) is 2.86. The van der Waals surface area contributed by atoms with E-state index in [2.05, 4.69) is 5.32 Å². The van der Waals surface area contributed by atoms with Gasteiger partial charge in [0, 0.05) is 0 Å². The first-order valence-corrected chi connectivity index (χ1v) is 7.21. The maximum Gasteiger partial charge on any atom is 0.332 e. The van der Waals surface area contributed by atoms with E-state index < -0.39 is 5.54 Å².